The summed E-state index contributed by atoms with van der Waals surface area (Å²) in [7, 11) is 0. The highest BCUT2D eigenvalue weighted by atomic mass is 35.5. The van der Waals surface area contributed by atoms with Gasteiger partial charge in [0.25, 0.3) is 5.91 Å². The zero-order chi connectivity index (χ0) is 20.7. The van der Waals surface area contributed by atoms with Crippen LogP contribution in [0.25, 0.3) is 33.4 Å². The number of nitrogen functional groups attached to an aromatic ring is 1. The molecule has 0 spiro atoms. The summed E-state index contributed by atoms with van der Waals surface area (Å²) in [6, 6.07) is 22.5. The smallest absolute Gasteiger partial charge is 0.260 e. The van der Waals surface area contributed by atoms with E-state index in [0.29, 0.717) is 38.8 Å². The third kappa shape index (κ3) is 3.15. The number of aromatic nitrogens is 1. The lowest BCUT2D eigenvalue weighted by Gasteiger charge is -2.10. The van der Waals surface area contributed by atoms with E-state index in [0.717, 1.165) is 16.7 Å². The number of rotatable bonds is 4. The molecule has 0 aliphatic rings. The second kappa shape index (κ2) is 7.21. The van der Waals surface area contributed by atoms with Gasteiger partial charge in [-0.1, -0.05) is 48.0 Å². The van der Waals surface area contributed by atoms with Gasteiger partial charge < -0.3 is 15.5 Å². The Bertz CT molecular complexity index is 1360. The Morgan fingerprint density at radius 1 is 0.933 bits per heavy atom. The van der Waals surface area contributed by atoms with Crippen molar-refractivity contribution < 1.29 is 9.21 Å². The average Bonchev–Trinajstić information content (AvgIpc) is 3.36. The van der Waals surface area contributed by atoms with Crippen LogP contribution in [0.1, 0.15) is 10.4 Å². The Hall–Kier alpha value is -3.83. The van der Waals surface area contributed by atoms with Crippen LogP contribution in [-0.4, -0.2) is 10.9 Å². The molecule has 0 fully saturated rings. The molecule has 0 radical (unpaired) electrons. The van der Waals surface area contributed by atoms with Crippen molar-refractivity contribution in [3.63, 3.8) is 0 Å². The Morgan fingerprint density at radius 2 is 1.73 bits per heavy atom. The summed E-state index contributed by atoms with van der Waals surface area (Å²) in [5.41, 5.74) is 11.4. The average molecular weight is 414 g/mol. The molecule has 3 heterocycles. The van der Waals surface area contributed by atoms with Gasteiger partial charge in [-0.25, -0.2) is 4.98 Å². The first kappa shape index (κ1) is 18.2. The van der Waals surface area contributed by atoms with Crippen LogP contribution in [0.15, 0.2) is 83.4 Å². The van der Waals surface area contributed by atoms with Crippen molar-refractivity contribution in [2.24, 2.45) is 0 Å². The topological polar surface area (TPSA) is 81.2 Å². The highest BCUT2D eigenvalue weighted by molar-refractivity contribution is 6.33. The summed E-state index contributed by atoms with van der Waals surface area (Å²) < 4.78 is 5.75. The Labute approximate surface area is 177 Å². The summed E-state index contributed by atoms with van der Waals surface area (Å²) >= 11 is 6.48. The van der Waals surface area contributed by atoms with Crippen molar-refractivity contribution in [2.45, 2.75) is 0 Å². The number of fused-ring (bicyclic) bond motifs is 2. The van der Waals surface area contributed by atoms with Gasteiger partial charge in [-0.15, -0.1) is 0 Å². The van der Waals surface area contributed by atoms with Crippen molar-refractivity contribution in [2.75, 3.05) is 11.1 Å². The molecule has 0 aliphatic heterocycles. The highest BCUT2D eigenvalue weighted by Gasteiger charge is 2.24. The SMILES string of the molecule is Nc1cc(-c2c(C(=O)Nc3ccc(-c4ccccc4)c(Cl)c3)c3ccc2o3)ccn1. The molecule has 0 saturated heterocycles. The van der Waals surface area contributed by atoms with E-state index in [-0.39, 0.29) is 5.91 Å². The minimum Gasteiger partial charge on any atom is -0.456 e. The molecule has 2 aromatic carbocycles. The second-order valence-corrected chi connectivity index (χ2v) is 7.31. The van der Waals surface area contributed by atoms with Crippen LogP contribution < -0.4 is 11.1 Å². The largest absolute Gasteiger partial charge is 0.456 e. The quantitative estimate of drug-likeness (QED) is 0.373. The van der Waals surface area contributed by atoms with Crippen LogP contribution in [0.2, 0.25) is 5.02 Å². The number of anilines is 2. The summed E-state index contributed by atoms with van der Waals surface area (Å²) in [5.74, 6) is 0.0960. The molecule has 146 valence electrons. The number of halogens is 1. The third-order valence-electron chi connectivity index (χ3n) is 4.96. The number of pyridine rings is 1. The monoisotopic (exact) mass is 413 g/mol. The van der Waals surface area contributed by atoms with Crippen LogP contribution in [0, 0.1) is 0 Å². The van der Waals surface area contributed by atoms with Gasteiger partial charge in [0.1, 0.15) is 17.0 Å². The number of hydrogen-bond donors (Lipinski definition) is 2. The Kier molecular flexibility index (Phi) is 4.38. The summed E-state index contributed by atoms with van der Waals surface area (Å²) in [4.78, 5) is 17.2. The number of hydrogen-bond acceptors (Lipinski definition) is 4. The molecule has 3 aromatic heterocycles. The normalized spacial score (nSPS) is 11.1. The summed E-state index contributed by atoms with van der Waals surface area (Å²) in [6.45, 7) is 0. The fourth-order valence-electron chi connectivity index (χ4n) is 3.61. The van der Waals surface area contributed by atoms with Crippen molar-refractivity contribution in [1.82, 2.24) is 4.98 Å². The fraction of sp³-hybridized carbons (Fsp3) is 0. The van der Waals surface area contributed by atoms with Crippen molar-refractivity contribution >= 4 is 40.2 Å². The number of nitrogens with two attached hydrogens (primary N) is 1. The van der Waals surface area contributed by atoms with Crippen LogP contribution in [0.4, 0.5) is 11.5 Å². The van der Waals surface area contributed by atoms with Crippen molar-refractivity contribution in [1.29, 1.82) is 0 Å². The number of nitrogens with one attached hydrogen (secondary N) is 1. The number of nitrogens with zero attached hydrogens (tertiary/aromatic N) is 1. The van der Waals surface area contributed by atoms with Gasteiger partial charge in [-0.05, 0) is 47.5 Å². The van der Waals surface area contributed by atoms with Crippen molar-refractivity contribution in [3.8, 4) is 22.3 Å². The predicted molar refractivity (Wildman–Crippen MR) is 120 cm³/mol. The zero-order valence-electron chi connectivity index (χ0n) is 15.7. The minimum atomic E-state index is -0.279. The lowest BCUT2D eigenvalue weighted by Crippen LogP contribution is -2.13. The molecule has 2 bridgehead atoms. The predicted octanol–water partition coefficient (Wildman–Crippen LogP) is 6.09. The van der Waals surface area contributed by atoms with Gasteiger partial charge in [-0.3, -0.25) is 4.79 Å². The Balaban J connectivity index is 1.48. The molecule has 30 heavy (non-hydrogen) atoms. The first-order valence-electron chi connectivity index (χ1n) is 9.33. The summed E-state index contributed by atoms with van der Waals surface area (Å²) in [6.07, 6.45) is 1.61. The molecule has 5 aromatic rings. The first-order chi connectivity index (χ1) is 14.6. The molecule has 0 saturated carbocycles. The van der Waals surface area contributed by atoms with E-state index in [1.54, 1.807) is 30.5 Å². The van der Waals surface area contributed by atoms with E-state index < -0.39 is 0 Å². The van der Waals surface area contributed by atoms with Gasteiger partial charge in [0.15, 0.2) is 0 Å². The van der Waals surface area contributed by atoms with Crippen LogP contribution in [0.5, 0.6) is 0 Å². The number of amides is 1. The second-order valence-electron chi connectivity index (χ2n) is 6.90. The summed E-state index contributed by atoms with van der Waals surface area (Å²) in [5, 5.41) is 3.48. The lowest BCUT2D eigenvalue weighted by molar-refractivity contribution is 0.102. The third-order valence-corrected chi connectivity index (χ3v) is 5.27. The zero-order valence-corrected chi connectivity index (χ0v) is 16.5. The van der Waals surface area contributed by atoms with E-state index >= 15 is 0 Å². The molecule has 6 heteroatoms. The van der Waals surface area contributed by atoms with Crippen molar-refractivity contribution in [3.05, 3.63) is 89.6 Å². The molecule has 5 rings (SSSR count). The number of carbonyl (C=O) groups is 1. The van der Waals surface area contributed by atoms with E-state index in [1.807, 2.05) is 48.5 Å². The van der Waals surface area contributed by atoms with Gasteiger partial charge >= 0.3 is 0 Å². The Morgan fingerprint density at radius 3 is 2.50 bits per heavy atom. The molecular weight excluding hydrogens is 398 g/mol. The molecule has 5 nitrogen and oxygen atoms in total. The minimum absolute atomic E-state index is 0.279. The van der Waals surface area contributed by atoms with Crippen LogP contribution >= 0.6 is 11.6 Å². The highest BCUT2D eigenvalue weighted by Crippen LogP contribution is 2.38. The number of benzene rings is 3. The van der Waals surface area contributed by atoms with E-state index in [1.165, 1.54) is 0 Å². The van der Waals surface area contributed by atoms with Gasteiger partial charge in [0, 0.05) is 23.0 Å². The lowest BCUT2D eigenvalue weighted by atomic mass is 9.99. The molecule has 1 amide bonds. The number of carbonyl (C=O) groups excluding carboxylic acids is 1. The molecular formula is C24H16ClN3O2. The van der Waals surface area contributed by atoms with Gasteiger partial charge in [0.2, 0.25) is 0 Å². The van der Waals surface area contributed by atoms with Crippen LogP contribution in [0.3, 0.4) is 0 Å². The van der Waals surface area contributed by atoms with Gasteiger partial charge in [-0.2, -0.15) is 0 Å². The van der Waals surface area contributed by atoms with E-state index in [2.05, 4.69) is 10.3 Å². The standard InChI is InChI=1S/C24H16ClN3O2/c25-18-13-16(6-7-17(18)14-4-2-1-3-5-14)28-24(29)23-20-9-8-19(30-20)22(23)15-10-11-27-21(26)12-15/h1-13H,(H2,26,27)(H,28,29). The van der Waals surface area contributed by atoms with Crippen LogP contribution in [-0.2, 0) is 0 Å². The maximum Gasteiger partial charge on any atom is 0.260 e. The molecule has 0 aliphatic carbocycles. The molecule has 0 atom stereocenters. The van der Waals surface area contributed by atoms with E-state index in [9.17, 15) is 4.79 Å². The fourth-order valence-corrected chi connectivity index (χ4v) is 3.90. The number of furan rings is 2. The maximum atomic E-state index is 13.1. The van der Waals surface area contributed by atoms with Gasteiger partial charge in [0.05, 0.1) is 10.6 Å². The molecule has 3 N–H and O–H groups in total. The first-order valence-corrected chi connectivity index (χ1v) is 9.71. The molecule has 0 unspecified atom stereocenters. The van der Waals surface area contributed by atoms with E-state index in [4.69, 9.17) is 21.8 Å². The maximum absolute atomic E-state index is 13.1.